The molecule has 0 aliphatic carbocycles. The topological polar surface area (TPSA) is 58.6 Å². The highest BCUT2D eigenvalue weighted by atomic mass is 35.5. The van der Waals surface area contributed by atoms with Gasteiger partial charge in [-0.15, -0.1) is 11.8 Å². The van der Waals surface area contributed by atoms with Crippen LogP contribution in [0.3, 0.4) is 0 Å². The van der Waals surface area contributed by atoms with Gasteiger partial charge in [-0.3, -0.25) is 9.59 Å². The lowest BCUT2D eigenvalue weighted by Gasteiger charge is -2.24. The van der Waals surface area contributed by atoms with Gasteiger partial charge in [-0.05, 0) is 59.7 Å². The highest BCUT2D eigenvalue weighted by Gasteiger charge is 2.32. The van der Waals surface area contributed by atoms with E-state index >= 15 is 0 Å². The highest BCUT2D eigenvalue weighted by molar-refractivity contribution is 8.00. The monoisotopic (exact) mass is 484 g/mol. The summed E-state index contributed by atoms with van der Waals surface area (Å²) in [4.78, 5) is 26.7. The average molecular weight is 485 g/mol. The lowest BCUT2D eigenvalue weighted by molar-refractivity contribution is -0.128. The van der Waals surface area contributed by atoms with Crippen LogP contribution >= 0.6 is 23.4 Å². The van der Waals surface area contributed by atoms with Crippen molar-refractivity contribution in [2.24, 2.45) is 0 Å². The highest BCUT2D eigenvalue weighted by Crippen LogP contribution is 2.39. The third kappa shape index (κ3) is 6.06. The summed E-state index contributed by atoms with van der Waals surface area (Å²) in [5, 5.41) is 3.36. The third-order valence-corrected chi connectivity index (χ3v) is 6.67. The van der Waals surface area contributed by atoms with Crippen LogP contribution in [0.4, 0.5) is 4.39 Å². The Morgan fingerprint density at radius 2 is 1.76 bits per heavy atom. The number of nitrogens with zero attached hydrogens (tertiary/aromatic N) is 1. The van der Waals surface area contributed by atoms with Gasteiger partial charge >= 0.3 is 0 Å². The van der Waals surface area contributed by atoms with Crippen molar-refractivity contribution in [3.8, 4) is 5.75 Å². The van der Waals surface area contributed by atoms with E-state index < -0.39 is 0 Å². The van der Waals surface area contributed by atoms with Crippen LogP contribution < -0.4 is 10.1 Å². The lowest BCUT2D eigenvalue weighted by Crippen LogP contribution is -2.28. The summed E-state index contributed by atoms with van der Waals surface area (Å²) >= 11 is 7.53. The van der Waals surface area contributed by atoms with Crippen molar-refractivity contribution >= 4 is 35.2 Å². The van der Waals surface area contributed by atoms with Gasteiger partial charge in [0.05, 0.1) is 12.3 Å². The van der Waals surface area contributed by atoms with Crippen LogP contribution in [-0.2, 0) is 11.3 Å². The molecule has 170 valence electrons. The molecular weight excluding hydrogens is 463 g/mol. The van der Waals surface area contributed by atoms with Gasteiger partial charge in [0.2, 0.25) is 5.91 Å². The first-order chi connectivity index (χ1) is 16.0. The molecule has 3 aromatic carbocycles. The third-order valence-electron chi connectivity index (χ3n) is 5.16. The summed E-state index contributed by atoms with van der Waals surface area (Å²) < 4.78 is 18.4. The second kappa shape index (κ2) is 10.7. The molecule has 8 heteroatoms. The first-order valence-electron chi connectivity index (χ1n) is 10.4. The Morgan fingerprint density at radius 3 is 2.45 bits per heavy atom. The minimum Gasteiger partial charge on any atom is -0.492 e. The molecule has 33 heavy (non-hydrogen) atoms. The molecule has 0 spiro atoms. The molecule has 5 nitrogen and oxygen atoms in total. The molecule has 2 amide bonds. The number of nitrogens with one attached hydrogen (secondary N) is 1. The average Bonchev–Trinajstić information content (AvgIpc) is 3.19. The van der Waals surface area contributed by atoms with Crippen molar-refractivity contribution in [1.29, 1.82) is 0 Å². The van der Waals surface area contributed by atoms with Crippen molar-refractivity contribution in [3.05, 3.63) is 100 Å². The molecule has 0 bridgehead atoms. The van der Waals surface area contributed by atoms with Crippen LogP contribution in [0.1, 0.15) is 26.9 Å². The fourth-order valence-corrected chi connectivity index (χ4v) is 4.77. The Morgan fingerprint density at radius 1 is 1.06 bits per heavy atom. The Balaban J connectivity index is 1.31. The number of hydrogen-bond donors (Lipinski definition) is 1. The van der Waals surface area contributed by atoms with Gasteiger partial charge in [-0.2, -0.15) is 0 Å². The van der Waals surface area contributed by atoms with Gasteiger partial charge in [0.25, 0.3) is 5.91 Å². The van der Waals surface area contributed by atoms with Gasteiger partial charge < -0.3 is 15.0 Å². The summed E-state index contributed by atoms with van der Waals surface area (Å²) in [6.45, 7) is 1.10. The van der Waals surface area contributed by atoms with Crippen molar-refractivity contribution in [3.63, 3.8) is 0 Å². The SMILES string of the molecule is O=C(NCCOc1ccc(F)cc1)c1ccc([C@H]2SCC(=O)N2Cc2ccc(Cl)cc2)cc1. The van der Waals surface area contributed by atoms with E-state index in [2.05, 4.69) is 5.32 Å². The Labute approximate surface area is 200 Å². The van der Waals surface area contributed by atoms with E-state index in [1.165, 1.54) is 24.3 Å². The molecule has 1 aliphatic rings. The molecule has 1 aliphatic heterocycles. The van der Waals surface area contributed by atoms with Crippen LogP contribution in [0.25, 0.3) is 0 Å². The predicted molar refractivity (Wildman–Crippen MR) is 128 cm³/mol. The van der Waals surface area contributed by atoms with Crippen molar-refractivity contribution in [2.45, 2.75) is 11.9 Å². The first-order valence-corrected chi connectivity index (χ1v) is 11.8. The number of amides is 2. The van der Waals surface area contributed by atoms with Crippen molar-refractivity contribution < 1.29 is 18.7 Å². The van der Waals surface area contributed by atoms with Gasteiger partial charge in [0.15, 0.2) is 0 Å². The fourth-order valence-electron chi connectivity index (χ4n) is 3.45. The van der Waals surface area contributed by atoms with Gasteiger partial charge in [-0.25, -0.2) is 4.39 Å². The van der Waals surface area contributed by atoms with Crippen LogP contribution in [-0.4, -0.2) is 35.6 Å². The van der Waals surface area contributed by atoms with Crippen LogP contribution in [0, 0.1) is 5.82 Å². The number of carbonyl (C=O) groups is 2. The van der Waals surface area contributed by atoms with Gasteiger partial charge in [0.1, 0.15) is 23.5 Å². The standard InChI is InChI=1S/C25H22ClFN2O3S/c26-20-7-1-17(2-8-20)15-29-23(30)16-33-25(29)19-5-3-18(4-6-19)24(31)28-13-14-32-22-11-9-21(27)10-12-22/h1-12,25H,13-16H2,(H,28,31)/t25-/m1/s1. The van der Waals surface area contributed by atoms with E-state index in [1.54, 1.807) is 23.9 Å². The molecule has 0 radical (unpaired) electrons. The number of rotatable bonds is 8. The van der Waals surface area contributed by atoms with Crippen LogP contribution in [0.5, 0.6) is 5.75 Å². The largest absolute Gasteiger partial charge is 0.492 e. The molecule has 0 unspecified atom stereocenters. The number of carbonyl (C=O) groups excluding carboxylic acids is 2. The maximum Gasteiger partial charge on any atom is 0.251 e. The van der Waals surface area contributed by atoms with E-state index in [9.17, 15) is 14.0 Å². The molecule has 1 N–H and O–H groups in total. The van der Waals surface area contributed by atoms with Crippen LogP contribution in [0.15, 0.2) is 72.8 Å². The minimum absolute atomic E-state index is 0.0860. The van der Waals surface area contributed by atoms with Gasteiger partial charge in [0, 0.05) is 17.1 Å². The van der Waals surface area contributed by atoms with Crippen LogP contribution in [0.2, 0.25) is 5.02 Å². The van der Waals surface area contributed by atoms with Gasteiger partial charge in [-0.1, -0.05) is 35.9 Å². The molecule has 1 heterocycles. The van der Waals surface area contributed by atoms with Crippen molar-refractivity contribution in [2.75, 3.05) is 18.9 Å². The maximum absolute atomic E-state index is 12.9. The minimum atomic E-state index is -0.326. The number of benzene rings is 3. The second-order valence-electron chi connectivity index (χ2n) is 7.49. The number of ether oxygens (including phenoxy) is 1. The number of hydrogen-bond acceptors (Lipinski definition) is 4. The summed E-state index contributed by atoms with van der Waals surface area (Å²) in [6.07, 6.45) is 0. The molecule has 0 aromatic heterocycles. The molecule has 1 fully saturated rings. The zero-order chi connectivity index (χ0) is 23.2. The molecule has 1 atom stereocenters. The molecule has 4 rings (SSSR count). The second-order valence-corrected chi connectivity index (χ2v) is 9.00. The molecule has 0 saturated carbocycles. The van der Waals surface area contributed by atoms with E-state index in [4.69, 9.17) is 16.3 Å². The quantitative estimate of drug-likeness (QED) is 0.454. The Hall–Kier alpha value is -3.03. The Kier molecular flexibility index (Phi) is 7.52. The Bertz CT molecular complexity index is 1110. The smallest absolute Gasteiger partial charge is 0.251 e. The summed E-state index contributed by atoms with van der Waals surface area (Å²) in [6, 6.07) is 20.5. The normalized spacial score (nSPS) is 15.5. The zero-order valence-corrected chi connectivity index (χ0v) is 19.2. The maximum atomic E-state index is 12.9. The number of halogens is 2. The summed E-state index contributed by atoms with van der Waals surface area (Å²) in [5.74, 6) is 0.517. The number of thioether (sulfide) groups is 1. The first kappa shape index (κ1) is 23.1. The molecule has 1 saturated heterocycles. The van der Waals surface area contributed by atoms with E-state index in [0.717, 1.165) is 11.1 Å². The lowest BCUT2D eigenvalue weighted by atomic mass is 10.1. The molecular formula is C25H22ClFN2O3S. The van der Waals surface area contributed by atoms with E-state index in [1.807, 2.05) is 41.3 Å². The molecule has 3 aromatic rings. The fraction of sp³-hybridized carbons (Fsp3) is 0.200. The van der Waals surface area contributed by atoms with Crippen molar-refractivity contribution in [1.82, 2.24) is 10.2 Å². The van der Waals surface area contributed by atoms with E-state index in [0.29, 0.717) is 35.2 Å². The van der Waals surface area contributed by atoms with E-state index in [-0.39, 0.29) is 29.6 Å². The zero-order valence-electron chi connectivity index (χ0n) is 17.7. The summed E-state index contributed by atoms with van der Waals surface area (Å²) in [7, 11) is 0. The summed E-state index contributed by atoms with van der Waals surface area (Å²) in [5.41, 5.74) is 2.51. The predicted octanol–water partition coefficient (Wildman–Crippen LogP) is 5.06.